The molecule has 0 saturated carbocycles. The van der Waals surface area contributed by atoms with Crippen molar-refractivity contribution in [3.8, 4) is 5.88 Å². The maximum Gasteiger partial charge on any atom is 0.266 e. The highest BCUT2D eigenvalue weighted by molar-refractivity contribution is 7.13. The zero-order valence-electron chi connectivity index (χ0n) is 11.7. The molecule has 1 amide bonds. The Morgan fingerprint density at radius 2 is 2.24 bits per heavy atom. The number of carbonyl (C=O) groups is 1. The number of pyridine rings is 1. The van der Waals surface area contributed by atoms with Crippen LogP contribution in [0.25, 0.3) is 0 Å². The second-order valence-corrected chi connectivity index (χ2v) is 6.50. The smallest absolute Gasteiger partial charge is 0.266 e. The maximum atomic E-state index is 12.3. The first-order chi connectivity index (χ1) is 10.0. The van der Waals surface area contributed by atoms with E-state index in [-0.39, 0.29) is 12.0 Å². The van der Waals surface area contributed by atoms with Crippen LogP contribution in [0.2, 0.25) is 5.02 Å². The van der Waals surface area contributed by atoms with E-state index in [0.717, 1.165) is 10.7 Å². The zero-order valence-corrected chi connectivity index (χ0v) is 13.2. The number of nitrogens with zero attached hydrogens (tertiary/aromatic N) is 3. The van der Waals surface area contributed by atoms with Crippen LogP contribution in [0, 0.1) is 13.8 Å². The van der Waals surface area contributed by atoms with Crippen molar-refractivity contribution in [2.24, 2.45) is 0 Å². The molecule has 0 bridgehead atoms. The van der Waals surface area contributed by atoms with Gasteiger partial charge in [-0.2, -0.15) is 0 Å². The number of hydrogen-bond acceptors (Lipinski definition) is 5. The van der Waals surface area contributed by atoms with Gasteiger partial charge in [-0.15, -0.1) is 11.3 Å². The molecular formula is C14H14ClN3O2S. The van der Waals surface area contributed by atoms with E-state index >= 15 is 0 Å². The van der Waals surface area contributed by atoms with Gasteiger partial charge in [-0.25, -0.2) is 9.97 Å². The van der Waals surface area contributed by atoms with Crippen molar-refractivity contribution < 1.29 is 9.53 Å². The summed E-state index contributed by atoms with van der Waals surface area (Å²) in [6.07, 6.45) is 1.57. The fourth-order valence-corrected chi connectivity index (χ4v) is 3.22. The minimum atomic E-state index is -0.0596. The van der Waals surface area contributed by atoms with E-state index in [9.17, 15) is 4.79 Å². The van der Waals surface area contributed by atoms with Crippen molar-refractivity contribution in [1.82, 2.24) is 14.9 Å². The number of aryl methyl sites for hydroxylation is 2. The molecule has 0 N–H and O–H groups in total. The van der Waals surface area contributed by atoms with Crippen LogP contribution in [0.3, 0.4) is 0 Å². The van der Waals surface area contributed by atoms with Crippen LogP contribution >= 0.6 is 22.9 Å². The van der Waals surface area contributed by atoms with Gasteiger partial charge in [-0.3, -0.25) is 4.79 Å². The van der Waals surface area contributed by atoms with Gasteiger partial charge < -0.3 is 9.64 Å². The number of likely N-dealkylation sites (tertiary alicyclic amines) is 1. The van der Waals surface area contributed by atoms with Crippen molar-refractivity contribution in [3.05, 3.63) is 38.9 Å². The second kappa shape index (κ2) is 5.61. The van der Waals surface area contributed by atoms with E-state index in [2.05, 4.69) is 9.97 Å². The predicted molar refractivity (Wildman–Crippen MR) is 81.2 cm³/mol. The Labute approximate surface area is 131 Å². The summed E-state index contributed by atoms with van der Waals surface area (Å²) in [7, 11) is 0. The van der Waals surface area contributed by atoms with Gasteiger partial charge in [-0.1, -0.05) is 11.6 Å². The monoisotopic (exact) mass is 323 g/mol. The Balaban J connectivity index is 1.60. The molecule has 1 aliphatic heterocycles. The van der Waals surface area contributed by atoms with Gasteiger partial charge in [0, 0.05) is 6.20 Å². The highest BCUT2D eigenvalue weighted by Crippen LogP contribution is 2.26. The lowest BCUT2D eigenvalue weighted by molar-refractivity contribution is 0.0163. The molecule has 7 heteroatoms. The maximum absolute atomic E-state index is 12.3. The van der Waals surface area contributed by atoms with E-state index in [1.165, 1.54) is 11.3 Å². The van der Waals surface area contributed by atoms with E-state index in [4.69, 9.17) is 16.3 Å². The van der Waals surface area contributed by atoms with Crippen molar-refractivity contribution in [1.29, 1.82) is 0 Å². The van der Waals surface area contributed by atoms with Crippen molar-refractivity contribution in [3.63, 3.8) is 0 Å². The Kier molecular flexibility index (Phi) is 3.82. The summed E-state index contributed by atoms with van der Waals surface area (Å²) in [5.74, 6) is 0.436. The van der Waals surface area contributed by atoms with Crippen molar-refractivity contribution >= 4 is 28.8 Å². The Bertz CT molecular complexity index is 683. The number of thiazole rings is 1. The lowest BCUT2D eigenvalue weighted by Gasteiger charge is -2.38. The molecule has 0 aromatic carbocycles. The molecule has 5 nitrogen and oxygen atoms in total. The average Bonchev–Trinajstić information content (AvgIpc) is 2.74. The molecule has 0 atom stereocenters. The molecule has 1 aliphatic rings. The molecule has 3 heterocycles. The quantitative estimate of drug-likeness (QED) is 0.871. The van der Waals surface area contributed by atoms with Crippen LogP contribution < -0.4 is 4.74 Å². The number of amides is 1. The van der Waals surface area contributed by atoms with E-state index in [1.54, 1.807) is 23.2 Å². The van der Waals surface area contributed by atoms with Crippen molar-refractivity contribution in [2.45, 2.75) is 20.0 Å². The number of aromatic nitrogens is 2. The van der Waals surface area contributed by atoms with Crippen LogP contribution in [0.5, 0.6) is 5.88 Å². The van der Waals surface area contributed by atoms with Crippen molar-refractivity contribution in [2.75, 3.05) is 13.1 Å². The van der Waals surface area contributed by atoms with Gasteiger partial charge in [-0.05, 0) is 26.0 Å². The topological polar surface area (TPSA) is 55.3 Å². The first kappa shape index (κ1) is 14.3. The standard InChI is InChI=1S/C14H14ClN3O2S/c1-8-12(21-9(2)17-8)14(19)18-6-10(7-18)20-13-11(15)4-3-5-16-13/h3-5,10H,6-7H2,1-2H3. The summed E-state index contributed by atoms with van der Waals surface area (Å²) in [6.45, 7) is 4.85. The summed E-state index contributed by atoms with van der Waals surface area (Å²) in [5.41, 5.74) is 0.791. The minimum Gasteiger partial charge on any atom is -0.470 e. The lowest BCUT2D eigenvalue weighted by Crippen LogP contribution is -2.56. The summed E-state index contributed by atoms with van der Waals surface area (Å²) in [6, 6.07) is 3.48. The Hall–Kier alpha value is -1.66. The number of carbonyl (C=O) groups excluding carboxylic acids is 1. The summed E-state index contributed by atoms with van der Waals surface area (Å²) < 4.78 is 5.68. The van der Waals surface area contributed by atoms with Crippen LogP contribution in [-0.4, -0.2) is 40.0 Å². The molecule has 21 heavy (non-hydrogen) atoms. The molecular weight excluding hydrogens is 310 g/mol. The molecule has 0 radical (unpaired) electrons. The molecule has 0 aliphatic carbocycles. The fourth-order valence-electron chi connectivity index (χ4n) is 2.17. The highest BCUT2D eigenvalue weighted by Gasteiger charge is 2.34. The minimum absolute atomic E-state index is 0.0186. The van der Waals surface area contributed by atoms with Crippen LogP contribution in [0.1, 0.15) is 20.4 Å². The van der Waals surface area contributed by atoms with Gasteiger partial charge in [0.2, 0.25) is 5.88 Å². The zero-order chi connectivity index (χ0) is 15.0. The van der Waals surface area contributed by atoms with E-state index in [0.29, 0.717) is 28.9 Å². The van der Waals surface area contributed by atoms with Crippen LogP contribution in [0.4, 0.5) is 0 Å². The summed E-state index contributed by atoms with van der Waals surface area (Å²) in [5, 5.41) is 1.39. The SMILES string of the molecule is Cc1nc(C)c(C(=O)N2CC(Oc3ncccc3Cl)C2)s1. The molecule has 110 valence electrons. The van der Waals surface area contributed by atoms with Gasteiger partial charge in [0.1, 0.15) is 16.0 Å². The molecule has 2 aromatic heterocycles. The summed E-state index contributed by atoms with van der Waals surface area (Å²) >= 11 is 7.42. The molecule has 1 saturated heterocycles. The number of halogens is 1. The van der Waals surface area contributed by atoms with Gasteiger partial charge >= 0.3 is 0 Å². The number of ether oxygens (including phenoxy) is 1. The number of rotatable bonds is 3. The second-order valence-electron chi connectivity index (χ2n) is 4.89. The Morgan fingerprint density at radius 3 is 2.86 bits per heavy atom. The van der Waals surface area contributed by atoms with Gasteiger partial charge in [0.15, 0.2) is 0 Å². The third-order valence-electron chi connectivity index (χ3n) is 3.24. The highest BCUT2D eigenvalue weighted by atomic mass is 35.5. The first-order valence-electron chi connectivity index (χ1n) is 6.55. The third-order valence-corrected chi connectivity index (χ3v) is 4.58. The lowest BCUT2D eigenvalue weighted by atomic mass is 10.1. The van der Waals surface area contributed by atoms with Gasteiger partial charge in [0.05, 0.1) is 23.8 Å². The molecule has 0 spiro atoms. The molecule has 0 unspecified atom stereocenters. The molecule has 3 rings (SSSR count). The van der Waals surface area contributed by atoms with Crippen LogP contribution in [0.15, 0.2) is 18.3 Å². The number of hydrogen-bond donors (Lipinski definition) is 0. The molecule has 2 aromatic rings. The summed E-state index contributed by atoms with van der Waals surface area (Å²) in [4.78, 5) is 23.2. The molecule has 1 fully saturated rings. The largest absolute Gasteiger partial charge is 0.470 e. The van der Waals surface area contributed by atoms with Gasteiger partial charge in [0.25, 0.3) is 5.91 Å². The Morgan fingerprint density at radius 1 is 1.48 bits per heavy atom. The van der Waals surface area contributed by atoms with E-state index in [1.807, 2.05) is 13.8 Å². The third kappa shape index (κ3) is 2.87. The normalized spacial score (nSPS) is 14.9. The van der Waals surface area contributed by atoms with E-state index < -0.39 is 0 Å². The fraction of sp³-hybridized carbons (Fsp3) is 0.357. The first-order valence-corrected chi connectivity index (χ1v) is 7.74. The predicted octanol–water partition coefficient (Wildman–Crippen LogP) is 2.71. The average molecular weight is 324 g/mol. The van der Waals surface area contributed by atoms with Crippen LogP contribution in [-0.2, 0) is 0 Å².